The van der Waals surface area contributed by atoms with Gasteiger partial charge < -0.3 is 0 Å². The van der Waals surface area contributed by atoms with Gasteiger partial charge in [-0.25, -0.2) is 0 Å². The maximum absolute atomic E-state index is 2.45. The maximum Gasteiger partial charge on any atom is -0.0354 e. The second-order valence-corrected chi connectivity index (χ2v) is 10.5. The Morgan fingerprint density at radius 1 is 0.542 bits per heavy atom. The van der Waals surface area contributed by atoms with Crippen LogP contribution in [0, 0.1) is 22.7 Å². The topological polar surface area (TPSA) is 0 Å². The van der Waals surface area contributed by atoms with Crippen LogP contribution in [0.3, 0.4) is 0 Å². The molecule has 0 nitrogen and oxygen atoms in total. The minimum atomic E-state index is 0.467. The van der Waals surface area contributed by atoms with E-state index in [1.54, 1.807) is 0 Å². The van der Waals surface area contributed by atoms with Crippen LogP contribution >= 0.6 is 0 Å². The molecule has 0 radical (unpaired) electrons. The van der Waals surface area contributed by atoms with Crippen LogP contribution in [-0.4, -0.2) is 0 Å². The first kappa shape index (κ1) is 24.0. The first-order valence-electron chi connectivity index (χ1n) is 11.1. The van der Waals surface area contributed by atoms with Crippen LogP contribution in [0.25, 0.3) is 0 Å². The molecule has 2 unspecified atom stereocenters. The Kier molecular flexibility index (Phi) is 12.4. The predicted octanol–water partition coefficient (Wildman–Crippen LogP) is 9.03. The second kappa shape index (κ2) is 12.4. The summed E-state index contributed by atoms with van der Waals surface area (Å²) >= 11 is 0. The summed E-state index contributed by atoms with van der Waals surface area (Å²) in [4.78, 5) is 0. The van der Waals surface area contributed by atoms with Crippen LogP contribution in [0.15, 0.2) is 0 Å². The fourth-order valence-electron chi connectivity index (χ4n) is 3.64. The van der Waals surface area contributed by atoms with Gasteiger partial charge in [0, 0.05) is 0 Å². The molecule has 24 heavy (non-hydrogen) atoms. The summed E-state index contributed by atoms with van der Waals surface area (Å²) in [5.74, 6) is 1.74. The van der Waals surface area contributed by atoms with E-state index in [2.05, 4.69) is 55.4 Å². The zero-order chi connectivity index (χ0) is 18.6. The van der Waals surface area contributed by atoms with Gasteiger partial charge in [-0.05, 0) is 35.5 Å². The summed E-state index contributed by atoms with van der Waals surface area (Å²) in [5.41, 5.74) is 0.946. The summed E-state index contributed by atoms with van der Waals surface area (Å²) < 4.78 is 0. The van der Waals surface area contributed by atoms with E-state index < -0.39 is 0 Å². The molecule has 0 saturated heterocycles. The molecule has 0 aromatic carbocycles. The highest BCUT2D eigenvalue weighted by Crippen LogP contribution is 2.36. The number of hydrogen-bond acceptors (Lipinski definition) is 0. The van der Waals surface area contributed by atoms with Gasteiger partial charge >= 0.3 is 0 Å². The van der Waals surface area contributed by atoms with E-state index in [-0.39, 0.29) is 0 Å². The lowest BCUT2D eigenvalue weighted by Crippen LogP contribution is -2.22. The van der Waals surface area contributed by atoms with Gasteiger partial charge in [-0.15, -0.1) is 0 Å². The standard InChI is InChI=1S/C24H50/c1-9-10-11-12-13-14-15-16-19-22(24(6,7)8)20-17-18-21(2)23(3,4)5/h21-22H,9-20H2,1-8H3. The summed E-state index contributed by atoms with van der Waals surface area (Å²) in [7, 11) is 0. The molecule has 146 valence electrons. The van der Waals surface area contributed by atoms with Crippen LogP contribution in [0.5, 0.6) is 0 Å². The zero-order valence-corrected chi connectivity index (χ0v) is 18.6. The first-order valence-corrected chi connectivity index (χ1v) is 11.1. The minimum Gasteiger partial charge on any atom is -0.0654 e. The lowest BCUT2D eigenvalue weighted by molar-refractivity contribution is 0.184. The highest BCUT2D eigenvalue weighted by molar-refractivity contribution is 4.76. The Morgan fingerprint density at radius 2 is 1.00 bits per heavy atom. The van der Waals surface area contributed by atoms with E-state index in [4.69, 9.17) is 0 Å². The molecular formula is C24H50. The maximum atomic E-state index is 2.45. The van der Waals surface area contributed by atoms with Crippen molar-refractivity contribution < 1.29 is 0 Å². The van der Waals surface area contributed by atoms with Crippen LogP contribution in [0.2, 0.25) is 0 Å². The second-order valence-electron chi connectivity index (χ2n) is 10.5. The van der Waals surface area contributed by atoms with E-state index in [0.29, 0.717) is 10.8 Å². The molecule has 0 N–H and O–H groups in total. The Hall–Kier alpha value is 0. The van der Waals surface area contributed by atoms with Gasteiger partial charge in [0.2, 0.25) is 0 Å². The minimum absolute atomic E-state index is 0.467. The summed E-state index contributed by atoms with van der Waals surface area (Å²) in [6.07, 6.45) is 17.2. The van der Waals surface area contributed by atoms with Crippen LogP contribution in [0.1, 0.15) is 132 Å². The van der Waals surface area contributed by atoms with Crippen molar-refractivity contribution in [2.75, 3.05) is 0 Å². The van der Waals surface area contributed by atoms with E-state index in [9.17, 15) is 0 Å². The van der Waals surface area contributed by atoms with Crippen LogP contribution < -0.4 is 0 Å². The predicted molar refractivity (Wildman–Crippen MR) is 113 cm³/mol. The van der Waals surface area contributed by atoms with Gasteiger partial charge in [-0.1, -0.05) is 120 Å². The first-order chi connectivity index (χ1) is 11.1. The molecule has 0 aromatic rings. The molecule has 0 amide bonds. The third-order valence-corrected chi connectivity index (χ3v) is 6.30. The van der Waals surface area contributed by atoms with Crippen molar-refractivity contribution in [3.05, 3.63) is 0 Å². The monoisotopic (exact) mass is 338 g/mol. The van der Waals surface area contributed by atoms with Gasteiger partial charge in [-0.3, -0.25) is 0 Å². The largest absolute Gasteiger partial charge is 0.0654 e. The van der Waals surface area contributed by atoms with Crippen molar-refractivity contribution >= 4 is 0 Å². The SMILES string of the molecule is CCCCCCCCCCC(CCCC(C)C(C)(C)C)C(C)(C)C. The number of unbranched alkanes of at least 4 members (excludes halogenated alkanes) is 7. The summed E-state index contributed by atoms with van der Waals surface area (Å²) in [5, 5.41) is 0. The van der Waals surface area contributed by atoms with Crippen molar-refractivity contribution in [1.82, 2.24) is 0 Å². The average Bonchev–Trinajstić information content (AvgIpc) is 2.45. The molecule has 0 heteroatoms. The third kappa shape index (κ3) is 12.4. The van der Waals surface area contributed by atoms with Crippen LogP contribution in [0.4, 0.5) is 0 Å². The molecule has 2 atom stereocenters. The summed E-state index contributed by atoms with van der Waals surface area (Å²) in [6.45, 7) is 19.3. The molecule has 0 fully saturated rings. The van der Waals surface area contributed by atoms with Crippen LogP contribution in [-0.2, 0) is 0 Å². The third-order valence-electron chi connectivity index (χ3n) is 6.30. The molecule has 0 aromatic heterocycles. The van der Waals surface area contributed by atoms with Crippen molar-refractivity contribution in [3.8, 4) is 0 Å². The van der Waals surface area contributed by atoms with Gasteiger partial charge in [0.15, 0.2) is 0 Å². The van der Waals surface area contributed by atoms with Crippen molar-refractivity contribution in [1.29, 1.82) is 0 Å². The molecule has 0 heterocycles. The Morgan fingerprint density at radius 3 is 1.46 bits per heavy atom. The normalized spacial score (nSPS) is 15.5. The molecule has 0 aliphatic rings. The van der Waals surface area contributed by atoms with Gasteiger partial charge in [0.25, 0.3) is 0 Å². The lowest BCUT2D eigenvalue weighted by atomic mass is 9.73. The smallest absolute Gasteiger partial charge is 0.0354 e. The fourth-order valence-corrected chi connectivity index (χ4v) is 3.64. The number of hydrogen-bond donors (Lipinski definition) is 0. The van der Waals surface area contributed by atoms with Crippen molar-refractivity contribution in [2.45, 2.75) is 132 Å². The molecular weight excluding hydrogens is 288 g/mol. The highest BCUT2D eigenvalue weighted by Gasteiger charge is 2.25. The Balaban J connectivity index is 3.95. The zero-order valence-electron chi connectivity index (χ0n) is 18.6. The molecule has 0 saturated carbocycles. The van der Waals surface area contributed by atoms with E-state index in [1.807, 2.05) is 0 Å². The molecule has 0 aliphatic carbocycles. The van der Waals surface area contributed by atoms with Crippen molar-refractivity contribution in [3.63, 3.8) is 0 Å². The van der Waals surface area contributed by atoms with Gasteiger partial charge in [0.05, 0.1) is 0 Å². The molecule has 0 bridgehead atoms. The Bertz CT molecular complexity index is 275. The lowest BCUT2D eigenvalue weighted by Gasteiger charge is -2.32. The van der Waals surface area contributed by atoms with E-state index in [0.717, 1.165) is 11.8 Å². The quantitative estimate of drug-likeness (QED) is 0.294. The van der Waals surface area contributed by atoms with E-state index >= 15 is 0 Å². The van der Waals surface area contributed by atoms with Crippen molar-refractivity contribution in [2.24, 2.45) is 22.7 Å². The van der Waals surface area contributed by atoms with Gasteiger partial charge in [0.1, 0.15) is 0 Å². The average molecular weight is 339 g/mol. The highest BCUT2D eigenvalue weighted by atomic mass is 14.3. The fraction of sp³-hybridized carbons (Fsp3) is 1.00. The molecule has 0 aliphatic heterocycles. The van der Waals surface area contributed by atoms with E-state index in [1.165, 1.54) is 77.0 Å². The van der Waals surface area contributed by atoms with Gasteiger partial charge in [-0.2, -0.15) is 0 Å². The summed E-state index contributed by atoms with van der Waals surface area (Å²) in [6, 6.07) is 0. The Labute approximate surface area is 155 Å². The molecule has 0 rings (SSSR count). The molecule has 0 spiro atoms. The number of rotatable bonds is 13.